The molecule has 3 rings (SSSR count). The number of benzene rings is 2. The average molecular weight is 515 g/mol. The number of amides is 2. The topological polar surface area (TPSA) is 139 Å². The van der Waals surface area contributed by atoms with Gasteiger partial charge in [0.15, 0.2) is 0 Å². The van der Waals surface area contributed by atoms with E-state index in [1.54, 1.807) is 6.07 Å². The molecule has 1 heterocycles. The first-order chi connectivity index (χ1) is 18.3. The maximum Gasteiger partial charge on any atom is 0.307 e. The molecule has 10 nitrogen and oxygen atoms in total. The summed E-state index contributed by atoms with van der Waals surface area (Å²) in [5.74, 6) is -1.92. The molecule has 2 amide bonds. The number of carbonyl (C=O) groups is 3. The van der Waals surface area contributed by atoms with E-state index in [9.17, 15) is 24.9 Å². The first-order valence-corrected chi connectivity index (χ1v) is 12.6. The fourth-order valence-corrected chi connectivity index (χ4v) is 4.18. The van der Waals surface area contributed by atoms with Crippen LogP contribution in [-0.4, -0.2) is 48.9 Å². The number of nitrogens with zero attached hydrogens (tertiary/aromatic N) is 6. The number of unbranched alkanes of at least 4 members (excludes halogenated alkanes) is 1. The summed E-state index contributed by atoms with van der Waals surface area (Å²) in [5, 5.41) is 28.1. The number of ether oxygens (including phenoxy) is 1. The second-order valence-corrected chi connectivity index (χ2v) is 8.72. The summed E-state index contributed by atoms with van der Waals surface area (Å²) in [4.78, 5) is 41.2. The molecule has 0 fully saturated rings. The zero-order valence-electron chi connectivity index (χ0n) is 22.1. The van der Waals surface area contributed by atoms with Crippen LogP contribution in [0.15, 0.2) is 34.5 Å². The van der Waals surface area contributed by atoms with Crippen molar-refractivity contribution in [1.82, 2.24) is 4.90 Å². The fraction of sp³-hybridized carbons (Fsp3) is 0.393. The molecule has 0 unspecified atom stereocenters. The van der Waals surface area contributed by atoms with Crippen molar-refractivity contribution in [2.45, 2.75) is 47.0 Å². The molecule has 38 heavy (non-hydrogen) atoms. The Bertz CT molecular complexity index is 1360. The van der Waals surface area contributed by atoms with Crippen molar-refractivity contribution >= 4 is 34.8 Å². The molecule has 0 radical (unpaired) electrons. The number of anilines is 1. The molecule has 0 bridgehead atoms. The van der Waals surface area contributed by atoms with Gasteiger partial charge >= 0.3 is 5.97 Å². The number of imide groups is 1. The van der Waals surface area contributed by atoms with Crippen molar-refractivity contribution in [3.63, 3.8) is 0 Å². The molecule has 2 aromatic rings. The Labute approximate surface area is 222 Å². The maximum absolute atomic E-state index is 13.1. The Morgan fingerprint density at radius 3 is 2.39 bits per heavy atom. The molecular weight excluding hydrogens is 484 g/mol. The summed E-state index contributed by atoms with van der Waals surface area (Å²) < 4.78 is 5.09. The van der Waals surface area contributed by atoms with Gasteiger partial charge in [-0.25, -0.2) is 0 Å². The largest absolute Gasteiger partial charge is 0.466 e. The van der Waals surface area contributed by atoms with Gasteiger partial charge in [0.1, 0.15) is 17.8 Å². The Kier molecular flexibility index (Phi) is 9.28. The highest BCUT2D eigenvalue weighted by molar-refractivity contribution is 6.23. The van der Waals surface area contributed by atoms with Crippen LogP contribution in [0.2, 0.25) is 0 Å². The van der Waals surface area contributed by atoms with Gasteiger partial charge in [-0.1, -0.05) is 13.3 Å². The lowest BCUT2D eigenvalue weighted by Gasteiger charge is -2.21. The van der Waals surface area contributed by atoms with Crippen LogP contribution >= 0.6 is 0 Å². The van der Waals surface area contributed by atoms with Gasteiger partial charge in [0, 0.05) is 25.3 Å². The Balaban J connectivity index is 1.92. The van der Waals surface area contributed by atoms with Crippen LogP contribution in [-0.2, 0) is 9.53 Å². The standard InChI is InChI=1S/C28H30N6O4/c1-5-8-13-38-24(35)11-12-34-27(36)21-15-19(16-29)26(22(17-30)25(21)28(34)37)32-31-23-10-9-20(14-18(23)4)33(6-2)7-3/h9-10,14-15H,5-8,11-13H2,1-4H3. The third-order valence-corrected chi connectivity index (χ3v) is 6.33. The zero-order chi connectivity index (χ0) is 27.8. The molecule has 1 aliphatic heterocycles. The predicted molar refractivity (Wildman–Crippen MR) is 141 cm³/mol. The molecule has 1 aliphatic rings. The number of hydrogen-bond acceptors (Lipinski definition) is 9. The van der Waals surface area contributed by atoms with Gasteiger partial charge in [0.05, 0.1) is 41.0 Å². The monoisotopic (exact) mass is 514 g/mol. The lowest BCUT2D eigenvalue weighted by atomic mass is 9.97. The SMILES string of the molecule is CCCCOC(=O)CCN1C(=O)c2cc(C#N)c(N=Nc3ccc(N(CC)CC)cc3C)c(C#N)c2C1=O. The predicted octanol–water partition coefficient (Wildman–Crippen LogP) is 5.33. The van der Waals surface area contributed by atoms with Gasteiger partial charge in [-0.2, -0.15) is 15.6 Å². The highest BCUT2D eigenvalue weighted by Gasteiger charge is 2.40. The number of esters is 1. The Hall–Kier alpha value is -4.57. The lowest BCUT2D eigenvalue weighted by molar-refractivity contribution is -0.143. The van der Waals surface area contributed by atoms with Crippen molar-refractivity contribution < 1.29 is 19.1 Å². The van der Waals surface area contributed by atoms with Crippen LogP contribution in [0.25, 0.3) is 0 Å². The molecule has 2 aromatic carbocycles. The average Bonchev–Trinajstić information content (AvgIpc) is 3.15. The summed E-state index contributed by atoms with van der Waals surface area (Å²) in [7, 11) is 0. The molecule has 0 aliphatic carbocycles. The Morgan fingerprint density at radius 1 is 1.05 bits per heavy atom. The summed E-state index contributed by atoms with van der Waals surface area (Å²) >= 11 is 0. The minimum absolute atomic E-state index is 0.0524. The van der Waals surface area contributed by atoms with E-state index in [4.69, 9.17) is 4.74 Å². The van der Waals surface area contributed by atoms with Gasteiger partial charge < -0.3 is 9.64 Å². The second kappa shape index (κ2) is 12.6. The smallest absolute Gasteiger partial charge is 0.307 e. The highest BCUT2D eigenvalue weighted by Crippen LogP contribution is 2.36. The summed E-state index contributed by atoms with van der Waals surface area (Å²) in [5.41, 5.74) is 1.88. The number of carbonyl (C=O) groups excluding carboxylic acids is 3. The van der Waals surface area contributed by atoms with Crippen molar-refractivity contribution in [2.75, 3.05) is 31.1 Å². The zero-order valence-corrected chi connectivity index (χ0v) is 22.1. The number of azo groups is 1. The van der Waals surface area contributed by atoms with Gasteiger partial charge in [0.25, 0.3) is 11.8 Å². The molecule has 0 aromatic heterocycles. The van der Waals surface area contributed by atoms with E-state index in [0.29, 0.717) is 5.69 Å². The molecule has 0 saturated carbocycles. The van der Waals surface area contributed by atoms with Crippen LogP contribution in [0, 0.1) is 29.6 Å². The number of fused-ring (bicyclic) bond motifs is 1. The van der Waals surface area contributed by atoms with Crippen molar-refractivity contribution in [1.29, 1.82) is 10.5 Å². The molecule has 0 saturated heterocycles. The van der Waals surface area contributed by atoms with E-state index in [0.717, 1.165) is 42.1 Å². The maximum atomic E-state index is 13.1. The van der Waals surface area contributed by atoms with Gasteiger partial charge in [-0.3, -0.25) is 19.3 Å². The minimum atomic E-state index is -0.719. The van der Waals surface area contributed by atoms with E-state index in [2.05, 4.69) is 29.0 Å². The van der Waals surface area contributed by atoms with E-state index < -0.39 is 17.8 Å². The van der Waals surface area contributed by atoms with Crippen molar-refractivity contribution in [3.8, 4) is 12.1 Å². The second-order valence-electron chi connectivity index (χ2n) is 8.72. The molecule has 196 valence electrons. The van der Waals surface area contributed by atoms with Gasteiger partial charge in [-0.05, 0) is 57.0 Å². The van der Waals surface area contributed by atoms with E-state index >= 15 is 0 Å². The van der Waals surface area contributed by atoms with Gasteiger partial charge in [-0.15, -0.1) is 5.11 Å². The third kappa shape index (κ3) is 5.70. The van der Waals surface area contributed by atoms with Crippen LogP contribution in [0.4, 0.5) is 17.1 Å². The van der Waals surface area contributed by atoms with Crippen molar-refractivity contribution in [3.05, 3.63) is 52.1 Å². The van der Waals surface area contributed by atoms with Crippen LogP contribution < -0.4 is 4.90 Å². The molecule has 0 atom stereocenters. The fourth-order valence-electron chi connectivity index (χ4n) is 4.18. The van der Waals surface area contributed by atoms with E-state index in [1.165, 1.54) is 6.07 Å². The lowest BCUT2D eigenvalue weighted by Crippen LogP contribution is -2.32. The first kappa shape index (κ1) is 28.0. The normalized spacial score (nSPS) is 12.4. The van der Waals surface area contributed by atoms with E-state index in [1.807, 2.05) is 38.1 Å². The van der Waals surface area contributed by atoms with Crippen LogP contribution in [0.5, 0.6) is 0 Å². The molecule has 0 spiro atoms. The number of aryl methyl sites for hydroxylation is 1. The van der Waals surface area contributed by atoms with E-state index in [-0.39, 0.29) is 47.5 Å². The molecule has 10 heteroatoms. The number of nitriles is 2. The minimum Gasteiger partial charge on any atom is -0.466 e. The summed E-state index contributed by atoms with van der Waals surface area (Å²) in [6.07, 6.45) is 1.42. The van der Waals surface area contributed by atoms with Gasteiger partial charge in [0.2, 0.25) is 0 Å². The highest BCUT2D eigenvalue weighted by atomic mass is 16.5. The van der Waals surface area contributed by atoms with Crippen LogP contribution in [0.3, 0.4) is 0 Å². The summed E-state index contributed by atoms with van der Waals surface area (Å²) in [6, 6.07) is 10.8. The Morgan fingerprint density at radius 2 is 1.79 bits per heavy atom. The molecular formula is C28H30N6O4. The van der Waals surface area contributed by atoms with Crippen LogP contribution in [0.1, 0.15) is 77.4 Å². The summed E-state index contributed by atoms with van der Waals surface area (Å²) in [6.45, 7) is 9.77. The van der Waals surface area contributed by atoms with Crippen molar-refractivity contribution in [2.24, 2.45) is 10.2 Å². The molecule has 0 N–H and O–H groups in total. The number of rotatable bonds is 11. The third-order valence-electron chi connectivity index (χ3n) is 6.33. The first-order valence-electron chi connectivity index (χ1n) is 12.6. The quantitative estimate of drug-likeness (QED) is 0.171. The number of hydrogen-bond donors (Lipinski definition) is 0.